The third-order valence-corrected chi connectivity index (χ3v) is 7.67. The van der Waals surface area contributed by atoms with Gasteiger partial charge in [-0.05, 0) is 48.4 Å². The summed E-state index contributed by atoms with van der Waals surface area (Å²) in [7, 11) is 0. The molecular formula is C26H27N3OS3. The lowest BCUT2D eigenvalue weighted by atomic mass is 10.1. The molecule has 7 heteroatoms. The summed E-state index contributed by atoms with van der Waals surface area (Å²) >= 11 is 8.71. The summed E-state index contributed by atoms with van der Waals surface area (Å²) in [6.45, 7) is 7.00. The predicted molar refractivity (Wildman–Crippen MR) is 145 cm³/mol. The highest BCUT2D eigenvalue weighted by atomic mass is 32.2. The molecule has 1 amide bonds. The van der Waals surface area contributed by atoms with Crippen molar-refractivity contribution in [1.29, 1.82) is 0 Å². The van der Waals surface area contributed by atoms with Crippen molar-refractivity contribution in [2.75, 3.05) is 12.3 Å². The van der Waals surface area contributed by atoms with Crippen molar-refractivity contribution < 1.29 is 4.79 Å². The Hall–Kier alpha value is -2.35. The summed E-state index contributed by atoms with van der Waals surface area (Å²) in [5.41, 5.74) is 3.74. The van der Waals surface area contributed by atoms with Gasteiger partial charge in [-0.15, -0.1) is 11.8 Å². The highest BCUT2D eigenvalue weighted by molar-refractivity contribution is 8.26. The molecule has 1 aromatic heterocycles. The van der Waals surface area contributed by atoms with Gasteiger partial charge in [0, 0.05) is 28.8 Å². The van der Waals surface area contributed by atoms with Gasteiger partial charge in [0.2, 0.25) is 0 Å². The van der Waals surface area contributed by atoms with Crippen molar-refractivity contribution in [2.24, 2.45) is 5.92 Å². The normalized spacial score (nSPS) is 15.3. The summed E-state index contributed by atoms with van der Waals surface area (Å²) in [4.78, 5) is 16.6. The Morgan fingerprint density at radius 2 is 1.85 bits per heavy atom. The molecule has 1 aliphatic rings. The molecular weight excluding hydrogens is 467 g/mol. The smallest absolute Gasteiger partial charge is 0.266 e. The number of benzene rings is 2. The van der Waals surface area contributed by atoms with E-state index in [-0.39, 0.29) is 5.91 Å². The molecule has 0 unspecified atom stereocenters. The summed E-state index contributed by atoms with van der Waals surface area (Å²) in [6, 6.07) is 18.5. The van der Waals surface area contributed by atoms with E-state index < -0.39 is 0 Å². The van der Waals surface area contributed by atoms with E-state index >= 15 is 0 Å². The number of aromatic nitrogens is 2. The number of hydrogen-bond acceptors (Lipinski definition) is 5. The van der Waals surface area contributed by atoms with E-state index in [4.69, 9.17) is 17.3 Å². The van der Waals surface area contributed by atoms with Gasteiger partial charge in [0.1, 0.15) is 4.32 Å². The van der Waals surface area contributed by atoms with Gasteiger partial charge in [0.25, 0.3) is 5.91 Å². The maximum atomic E-state index is 13.0. The first-order valence-corrected chi connectivity index (χ1v) is 13.3. The second-order valence-corrected chi connectivity index (χ2v) is 11.1. The monoisotopic (exact) mass is 493 g/mol. The number of para-hydroxylation sites is 1. The first-order chi connectivity index (χ1) is 16.0. The van der Waals surface area contributed by atoms with Crippen molar-refractivity contribution in [2.45, 2.75) is 32.1 Å². The fourth-order valence-electron chi connectivity index (χ4n) is 3.52. The molecule has 2 aromatic carbocycles. The van der Waals surface area contributed by atoms with Gasteiger partial charge < -0.3 is 0 Å². The van der Waals surface area contributed by atoms with Crippen molar-refractivity contribution in [1.82, 2.24) is 14.7 Å². The molecule has 0 atom stereocenters. The number of thioether (sulfide) groups is 2. The van der Waals surface area contributed by atoms with Crippen molar-refractivity contribution in [3.63, 3.8) is 0 Å². The molecule has 33 heavy (non-hydrogen) atoms. The average molecular weight is 494 g/mol. The van der Waals surface area contributed by atoms with Crippen LogP contribution in [0.25, 0.3) is 23.0 Å². The van der Waals surface area contributed by atoms with Gasteiger partial charge in [0.15, 0.2) is 0 Å². The summed E-state index contributed by atoms with van der Waals surface area (Å²) in [5, 5.41) is 4.89. The van der Waals surface area contributed by atoms with E-state index in [1.807, 2.05) is 59.0 Å². The Kier molecular flexibility index (Phi) is 7.73. The number of rotatable bonds is 8. The lowest BCUT2D eigenvalue weighted by molar-refractivity contribution is -0.122. The van der Waals surface area contributed by atoms with Crippen LogP contribution in [-0.2, 0) is 4.79 Å². The number of nitrogens with zero attached hydrogens (tertiary/aromatic N) is 3. The molecule has 0 aliphatic carbocycles. The van der Waals surface area contributed by atoms with Crippen molar-refractivity contribution >= 4 is 52.0 Å². The van der Waals surface area contributed by atoms with E-state index in [1.54, 1.807) is 4.90 Å². The molecule has 4 nitrogen and oxygen atoms in total. The minimum absolute atomic E-state index is 0.0246. The Morgan fingerprint density at radius 3 is 2.52 bits per heavy atom. The van der Waals surface area contributed by atoms with Gasteiger partial charge in [-0.1, -0.05) is 75.1 Å². The van der Waals surface area contributed by atoms with Crippen LogP contribution in [0.1, 0.15) is 32.8 Å². The summed E-state index contributed by atoms with van der Waals surface area (Å²) in [5.74, 6) is 1.43. The minimum Gasteiger partial charge on any atom is -0.293 e. The van der Waals surface area contributed by atoms with Crippen LogP contribution in [0.4, 0.5) is 0 Å². The Bertz CT molecular complexity index is 1170. The number of carbonyl (C=O) groups is 1. The summed E-state index contributed by atoms with van der Waals surface area (Å²) < 4.78 is 2.49. The van der Waals surface area contributed by atoms with Crippen LogP contribution in [0, 0.1) is 5.92 Å². The molecule has 4 rings (SSSR count). The van der Waals surface area contributed by atoms with E-state index in [1.165, 1.54) is 16.7 Å². The quantitative estimate of drug-likeness (QED) is 0.194. The molecule has 1 fully saturated rings. The predicted octanol–water partition coefficient (Wildman–Crippen LogP) is 6.90. The van der Waals surface area contributed by atoms with Crippen LogP contribution in [0.15, 0.2) is 70.6 Å². The molecule has 0 bridgehead atoms. The summed E-state index contributed by atoms with van der Waals surface area (Å²) in [6.07, 6.45) is 5.06. The van der Waals surface area contributed by atoms with Gasteiger partial charge in [0.05, 0.1) is 16.3 Å². The third-order valence-electron chi connectivity index (χ3n) is 5.07. The lowest BCUT2D eigenvalue weighted by Gasteiger charge is -2.16. The SMILES string of the molecule is CCCSc1ccc(-c2nn(-c3ccccc3)cc2/C=C2\SC(=S)N(CC(C)C)C2=O)cc1. The van der Waals surface area contributed by atoms with Gasteiger partial charge in [-0.25, -0.2) is 4.68 Å². The van der Waals surface area contributed by atoms with Gasteiger partial charge in [-0.2, -0.15) is 5.10 Å². The number of carbonyl (C=O) groups excluding carboxylic acids is 1. The fraction of sp³-hybridized carbons (Fsp3) is 0.269. The average Bonchev–Trinajstić information content (AvgIpc) is 3.35. The molecule has 2 heterocycles. The molecule has 170 valence electrons. The molecule has 1 saturated heterocycles. The van der Waals surface area contributed by atoms with Crippen molar-refractivity contribution in [3.05, 3.63) is 71.3 Å². The first kappa shape index (κ1) is 23.8. The molecule has 0 saturated carbocycles. The van der Waals surface area contributed by atoms with Crippen molar-refractivity contribution in [3.8, 4) is 16.9 Å². The second-order valence-electron chi connectivity index (χ2n) is 8.27. The Morgan fingerprint density at radius 1 is 1.12 bits per heavy atom. The Labute approximate surface area is 209 Å². The first-order valence-electron chi connectivity index (χ1n) is 11.1. The topological polar surface area (TPSA) is 38.1 Å². The maximum absolute atomic E-state index is 13.0. The zero-order valence-electron chi connectivity index (χ0n) is 19.0. The highest BCUT2D eigenvalue weighted by Gasteiger charge is 2.32. The number of hydrogen-bond donors (Lipinski definition) is 0. The highest BCUT2D eigenvalue weighted by Crippen LogP contribution is 2.35. The van der Waals surface area contributed by atoms with Crippen LogP contribution < -0.4 is 0 Å². The second kappa shape index (κ2) is 10.7. The van der Waals surface area contributed by atoms with Gasteiger partial charge >= 0.3 is 0 Å². The Balaban J connectivity index is 1.72. The van der Waals surface area contributed by atoms with Crippen LogP contribution in [0.2, 0.25) is 0 Å². The lowest BCUT2D eigenvalue weighted by Crippen LogP contribution is -2.31. The molecule has 0 radical (unpaired) electrons. The fourth-order valence-corrected chi connectivity index (χ4v) is 5.56. The van der Waals surface area contributed by atoms with E-state index in [2.05, 4.69) is 45.0 Å². The third kappa shape index (κ3) is 5.60. The minimum atomic E-state index is -0.0246. The number of amides is 1. The maximum Gasteiger partial charge on any atom is 0.266 e. The molecule has 1 aliphatic heterocycles. The standard InChI is InChI=1S/C26H27N3OS3/c1-4-14-32-22-12-10-19(11-13-22)24-20(17-29(27-24)21-8-6-5-7-9-21)15-23-25(30)28(16-18(2)3)26(31)33-23/h5-13,15,17-18H,4,14,16H2,1-3H3/b23-15-. The number of thiocarbonyl (C=S) groups is 1. The van der Waals surface area contributed by atoms with Crippen LogP contribution in [-0.4, -0.2) is 37.2 Å². The zero-order valence-corrected chi connectivity index (χ0v) is 21.5. The molecule has 3 aromatic rings. The van der Waals surface area contributed by atoms with E-state index in [0.717, 1.165) is 34.7 Å². The van der Waals surface area contributed by atoms with Crippen LogP contribution >= 0.6 is 35.7 Å². The largest absolute Gasteiger partial charge is 0.293 e. The molecule has 0 spiro atoms. The van der Waals surface area contributed by atoms with E-state index in [0.29, 0.717) is 21.7 Å². The zero-order chi connectivity index (χ0) is 23.4. The van der Waals surface area contributed by atoms with Crippen LogP contribution in [0.5, 0.6) is 0 Å². The molecule has 0 N–H and O–H groups in total. The van der Waals surface area contributed by atoms with Crippen LogP contribution in [0.3, 0.4) is 0 Å². The van der Waals surface area contributed by atoms with E-state index in [9.17, 15) is 4.79 Å². The van der Waals surface area contributed by atoms with Gasteiger partial charge in [-0.3, -0.25) is 9.69 Å².